The number of ether oxygens (including phenoxy) is 1. The summed E-state index contributed by atoms with van der Waals surface area (Å²) in [5.41, 5.74) is 9.29. The highest BCUT2D eigenvalue weighted by atomic mass is 32.2. The fraction of sp³-hybridized carbons (Fsp3) is 0.316. The van der Waals surface area contributed by atoms with Crippen LogP contribution < -0.4 is 10.5 Å². The summed E-state index contributed by atoms with van der Waals surface area (Å²) in [6.07, 6.45) is 0.778. The number of nitrogens with two attached hydrogens (primary N) is 1. The van der Waals surface area contributed by atoms with Crippen molar-refractivity contribution in [2.45, 2.75) is 32.2 Å². The van der Waals surface area contributed by atoms with E-state index >= 15 is 0 Å². The molecule has 6 heteroatoms. The number of thioether (sulfide) groups is 1. The Morgan fingerprint density at radius 3 is 2.36 bits per heavy atom. The molecule has 0 aliphatic rings. The Morgan fingerprint density at radius 2 is 1.84 bits per heavy atom. The summed E-state index contributed by atoms with van der Waals surface area (Å²) >= 11 is 1.24. The number of carbonyl (C=O) groups is 2. The zero-order chi connectivity index (χ0) is 18.6. The Labute approximate surface area is 152 Å². The molecule has 0 fully saturated rings. The molecule has 0 aliphatic carbocycles. The van der Waals surface area contributed by atoms with E-state index in [1.807, 2.05) is 20.8 Å². The monoisotopic (exact) mass is 358 g/mol. The van der Waals surface area contributed by atoms with Crippen LogP contribution in [-0.2, 0) is 6.42 Å². The second kappa shape index (κ2) is 8.16. The number of benzene rings is 1. The molecule has 1 heterocycles. The van der Waals surface area contributed by atoms with Crippen molar-refractivity contribution in [3.05, 3.63) is 52.2 Å². The summed E-state index contributed by atoms with van der Waals surface area (Å²) in [6.45, 7) is 5.80. The van der Waals surface area contributed by atoms with Crippen LogP contribution in [0.3, 0.4) is 0 Å². The number of hydrogen-bond donors (Lipinski definition) is 1. The predicted octanol–water partition coefficient (Wildman–Crippen LogP) is 3.34. The molecule has 0 bridgehead atoms. The first-order chi connectivity index (χ1) is 11.9. The summed E-state index contributed by atoms with van der Waals surface area (Å²) in [5, 5.41) is 0.515. The average Bonchev–Trinajstić information content (AvgIpc) is 2.59. The van der Waals surface area contributed by atoms with Crippen molar-refractivity contribution in [3.8, 4) is 5.75 Å². The quantitative estimate of drug-likeness (QED) is 0.606. The molecule has 0 unspecified atom stereocenters. The van der Waals surface area contributed by atoms with Gasteiger partial charge in [-0.05, 0) is 55.7 Å². The summed E-state index contributed by atoms with van der Waals surface area (Å²) in [7, 11) is 1.58. The summed E-state index contributed by atoms with van der Waals surface area (Å²) in [5.74, 6) is 0.325. The Balaban J connectivity index is 2.24. The largest absolute Gasteiger partial charge is 0.497 e. The number of carbonyl (C=O) groups excluding carboxylic acids is 2. The van der Waals surface area contributed by atoms with E-state index in [0.29, 0.717) is 21.9 Å². The van der Waals surface area contributed by atoms with Crippen LogP contribution in [0.2, 0.25) is 0 Å². The van der Waals surface area contributed by atoms with E-state index in [2.05, 4.69) is 4.98 Å². The molecule has 2 aromatic rings. The van der Waals surface area contributed by atoms with E-state index in [1.54, 1.807) is 31.4 Å². The van der Waals surface area contributed by atoms with Crippen molar-refractivity contribution < 1.29 is 14.3 Å². The van der Waals surface area contributed by atoms with Crippen molar-refractivity contribution in [1.82, 2.24) is 4.98 Å². The van der Waals surface area contributed by atoms with E-state index in [9.17, 15) is 9.59 Å². The lowest BCUT2D eigenvalue weighted by molar-refractivity contribution is 0.0992. The molecule has 1 aromatic heterocycles. The van der Waals surface area contributed by atoms with Gasteiger partial charge in [0.15, 0.2) is 5.78 Å². The van der Waals surface area contributed by atoms with Gasteiger partial charge in [0.25, 0.3) is 5.91 Å². The highest BCUT2D eigenvalue weighted by molar-refractivity contribution is 8.00. The second-order valence-electron chi connectivity index (χ2n) is 5.64. The van der Waals surface area contributed by atoms with Gasteiger partial charge in [-0.25, -0.2) is 4.98 Å². The smallest absolute Gasteiger partial charge is 0.251 e. The van der Waals surface area contributed by atoms with Gasteiger partial charge in [0.1, 0.15) is 10.8 Å². The lowest BCUT2D eigenvalue weighted by atomic mass is 10.0. The van der Waals surface area contributed by atoms with Crippen molar-refractivity contribution >= 4 is 23.5 Å². The number of hydrogen-bond acceptors (Lipinski definition) is 5. The second-order valence-corrected chi connectivity index (χ2v) is 6.60. The van der Waals surface area contributed by atoms with Crippen LogP contribution in [0.5, 0.6) is 5.75 Å². The number of pyridine rings is 1. The fourth-order valence-corrected chi connectivity index (χ4v) is 3.80. The van der Waals surface area contributed by atoms with Gasteiger partial charge in [-0.1, -0.05) is 18.7 Å². The number of nitrogens with zero attached hydrogens (tertiary/aromatic N) is 1. The van der Waals surface area contributed by atoms with E-state index in [4.69, 9.17) is 10.5 Å². The van der Waals surface area contributed by atoms with Gasteiger partial charge in [0.2, 0.25) is 0 Å². The number of primary amides is 1. The molecular weight excluding hydrogens is 336 g/mol. The maximum Gasteiger partial charge on any atom is 0.251 e. The van der Waals surface area contributed by atoms with Crippen LogP contribution in [0.15, 0.2) is 29.3 Å². The average molecular weight is 358 g/mol. The summed E-state index contributed by atoms with van der Waals surface area (Å²) in [4.78, 5) is 28.8. The predicted molar refractivity (Wildman–Crippen MR) is 99.7 cm³/mol. The van der Waals surface area contributed by atoms with Gasteiger partial charge in [0, 0.05) is 11.3 Å². The third-order valence-corrected chi connectivity index (χ3v) is 5.07. The van der Waals surface area contributed by atoms with Crippen LogP contribution >= 0.6 is 11.8 Å². The Morgan fingerprint density at radius 1 is 1.20 bits per heavy atom. The van der Waals surface area contributed by atoms with Crippen molar-refractivity contribution in [3.63, 3.8) is 0 Å². The van der Waals surface area contributed by atoms with Crippen molar-refractivity contribution in [2.24, 2.45) is 5.73 Å². The van der Waals surface area contributed by atoms with Crippen LogP contribution in [0, 0.1) is 13.8 Å². The molecule has 5 nitrogen and oxygen atoms in total. The number of amides is 1. The molecule has 2 rings (SSSR count). The zero-order valence-electron chi connectivity index (χ0n) is 14.9. The number of rotatable bonds is 7. The molecule has 0 aliphatic heterocycles. The molecule has 0 atom stereocenters. The molecule has 0 radical (unpaired) electrons. The first-order valence-corrected chi connectivity index (χ1v) is 8.97. The number of methoxy groups -OCH3 is 1. The van der Waals surface area contributed by atoms with Crippen molar-refractivity contribution in [1.29, 1.82) is 0 Å². The Kier molecular flexibility index (Phi) is 6.20. The molecule has 0 saturated heterocycles. The molecule has 2 N–H and O–H groups in total. The number of ketones is 1. The van der Waals surface area contributed by atoms with Crippen LogP contribution in [-0.4, -0.2) is 29.5 Å². The minimum atomic E-state index is -0.515. The Hall–Kier alpha value is -2.34. The molecule has 25 heavy (non-hydrogen) atoms. The molecule has 0 spiro atoms. The summed E-state index contributed by atoms with van der Waals surface area (Å²) in [6, 6.07) is 6.94. The first-order valence-electron chi connectivity index (χ1n) is 7.98. The van der Waals surface area contributed by atoms with Gasteiger partial charge in [-0.2, -0.15) is 0 Å². The molecule has 1 aromatic carbocycles. The molecular formula is C19H22N2O3S. The lowest BCUT2D eigenvalue weighted by Crippen LogP contribution is -2.18. The van der Waals surface area contributed by atoms with Crippen molar-refractivity contribution in [2.75, 3.05) is 12.9 Å². The third kappa shape index (κ3) is 4.20. The molecule has 132 valence electrons. The van der Waals surface area contributed by atoms with Gasteiger partial charge in [-0.3, -0.25) is 9.59 Å². The molecule has 1 amide bonds. The standard InChI is InChI=1S/C19H22N2O3S/c1-5-15-11(2)17(18(20)23)19(21-12(15)3)25-10-16(22)13-6-8-14(24-4)9-7-13/h6-9H,5,10H2,1-4H3,(H2,20,23). The van der Waals surface area contributed by atoms with E-state index in [1.165, 1.54) is 11.8 Å². The minimum Gasteiger partial charge on any atom is -0.497 e. The maximum atomic E-state index is 12.4. The van der Waals surface area contributed by atoms with Gasteiger partial charge in [-0.15, -0.1) is 0 Å². The van der Waals surface area contributed by atoms with Gasteiger partial charge >= 0.3 is 0 Å². The van der Waals surface area contributed by atoms with E-state index in [-0.39, 0.29) is 11.5 Å². The Bertz CT molecular complexity index is 801. The number of aromatic nitrogens is 1. The van der Waals surface area contributed by atoms with Gasteiger partial charge in [0.05, 0.1) is 18.4 Å². The maximum absolute atomic E-state index is 12.4. The van der Waals surface area contributed by atoms with Gasteiger partial charge < -0.3 is 10.5 Å². The third-order valence-electron chi connectivity index (χ3n) is 4.10. The number of aryl methyl sites for hydroxylation is 1. The van der Waals surface area contributed by atoms with Crippen LogP contribution in [0.4, 0.5) is 0 Å². The highest BCUT2D eigenvalue weighted by Gasteiger charge is 2.19. The number of Topliss-reactive ketones (excluding diaryl/α,β-unsaturated/α-hetero) is 1. The SMILES string of the molecule is CCc1c(C)nc(SCC(=O)c2ccc(OC)cc2)c(C(N)=O)c1C. The van der Waals surface area contributed by atoms with E-state index < -0.39 is 5.91 Å². The first kappa shape index (κ1) is 19.0. The lowest BCUT2D eigenvalue weighted by Gasteiger charge is -2.14. The van der Waals surface area contributed by atoms with Crippen LogP contribution in [0.25, 0.3) is 0 Å². The zero-order valence-corrected chi connectivity index (χ0v) is 15.7. The van der Waals surface area contributed by atoms with E-state index in [0.717, 1.165) is 23.2 Å². The fourth-order valence-electron chi connectivity index (χ4n) is 2.77. The minimum absolute atomic E-state index is 0.0419. The molecule has 0 saturated carbocycles. The summed E-state index contributed by atoms with van der Waals surface area (Å²) < 4.78 is 5.09. The van der Waals surface area contributed by atoms with Crippen LogP contribution in [0.1, 0.15) is 44.5 Å². The normalized spacial score (nSPS) is 10.6. The topological polar surface area (TPSA) is 82.3 Å². The highest BCUT2D eigenvalue weighted by Crippen LogP contribution is 2.28.